The van der Waals surface area contributed by atoms with Crippen molar-refractivity contribution >= 4 is 11.8 Å². The fraction of sp³-hybridized carbons (Fsp3) is 0.882. The molecule has 2 aliphatic rings. The number of nitrogens with zero attached hydrogens (tertiary/aromatic N) is 2. The molecule has 1 saturated heterocycles. The first kappa shape index (κ1) is 16.3. The first-order valence-electron chi connectivity index (χ1n) is 8.45. The second kappa shape index (κ2) is 6.37. The quantitative estimate of drug-likeness (QED) is 0.803. The number of amides is 2. The predicted molar refractivity (Wildman–Crippen MR) is 83.8 cm³/mol. The minimum Gasteiger partial charge on any atom is -0.340 e. The maximum absolute atomic E-state index is 12.8. The molecule has 120 valence electrons. The highest BCUT2D eigenvalue weighted by Gasteiger charge is 2.41. The Morgan fingerprint density at radius 3 is 2.33 bits per heavy atom. The molecule has 2 fully saturated rings. The maximum Gasteiger partial charge on any atom is 0.228 e. The Kier molecular flexibility index (Phi) is 4.95. The van der Waals surface area contributed by atoms with E-state index in [1.807, 2.05) is 30.6 Å². The van der Waals surface area contributed by atoms with Gasteiger partial charge in [0.2, 0.25) is 11.8 Å². The summed E-state index contributed by atoms with van der Waals surface area (Å²) in [5.74, 6) is 0.184. The highest BCUT2D eigenvalue weighted by Crippen LogP contribution is 2.29. The highest BCUT2D eigenvalue weighted by atomic mass is 16.2. The molecule has 0 aromatic rings. The summed E-state index contributed by atoms with van der Waals surface area (Å²) in [6.07, 6.45) is 6.39. The number of carbonyl (C=O) groups excluding carboxylic acids is 2. The van der Waals surface area contributed by atoms with Gasteiger partial charge in [0, 0.05) is 31.1 Å². The molecule has 2 amide bonds. The standard InChI is InChI=1S/C17H30N2O2/c1-5-18(14-9-7-6-8-10-14)16(21)13-11-15(20)19(12-13)17(2,3)4/h13-14H,5-12H2,1-4H3/t13-/m0/s1. The van der Waals surface area contributed by atoms with E-state index < -0.39 is 0 Å². The third kappa shape index (κ3) is 3.58. The lowest BCUT2D eigenvalue weighted by Gasteiger charge is -2.36. The first-order valence-corrected chi connectivity index (χ1v) is 8.45. The molecule has 1 saturated carbocycles. The molecular weight excluding hydrogens is 264 g/mol. The van der Waals surface area contributed by atoms with Crippen LogP contribution in [-0.4, -0.2) is 46.3 Å². The van der Waals surface area contributed by atoms with Crippen LogP contribution in [0.3, 0.4) is 0 Å². The average Bonchev–Trinajstić information content (AvgIpc) is 2.83. The van der Waals surface area contributed by atoms with Crippen LogP contribution in [0.1, 0.15) is 66.2 Å². The van der Waals surface area contributed by atoms with Gasteiger partial charge >= 0.3 is 0 Å². The molecule has 0 spiro atoms. The molecule has 0 radical (unpaired) electrons. The average molecular weight is 294 g/mol. The van der Waals surface area contributed by atoms with Gasteiger partial charge in [-0.05, 0) is 40.5 Å². The summed E-state index contributed by atoms with van der Waals surface area (Å²) in [5, 5.41) is 0. The topological polar surface area (TPSA) is 40.6 Å². The zero-order valence-electron chi connectivity index (χ0n) is 14.0. The lowest BCUT2D eigenvalue weighted by atomic mass is 9.93. The molecule has 1 atom stereocenters. The Balaban J connectivity index is 2.03. The Labute approximate surface area is 128 Å². The number of hydrogen-bond donors (Lipinski definition) is 0. The molecule has 4 heteroatoms. The molecule has 1 heterocycles. The molecule has 0 aromatic heterocycles. The zero-order valence-corrected chi connectivity index (χ0v) is 14.0. The summed E-state index contributed by atoms with van der Waals surface area (Å²) in [5.41, 5.74) is -0.187. The van der Waals surface area contributed by atoms with E-state index in [-0.39, 0.29) is 23.3 Å². The summed E-state index contributed by atoms with van der Waals surface area (Å²) in [6.45, 7) is 9.53. The van der Waals surface area contributed by atoms with E-state index in [1.165, 1.54) is 19.3 Å². The summed E-state index contributed by atoms with van der Waals surface area (Å²) < 4.78 is 0. The van der Waals surface area contributed by atoms with E-state index in [0.29, 0.717) is 19.0 Å². The maximum atomic E-state index is 12.8. The van der Waals surface area contributed by atoms with E-state index in [4.69, 9.17) is 0 Å². The molecule has 0 aromatic carbocycles. The summed E-state index contributed by atoms with van der Waals surface area (Å²) in [4.78, 5) is 28.9. The second-order valence-corrected chi connectivity index (χ2v) is 7.49. The third-order valence-electron chi connectivity index (χ3n) is 4.92. The Morgan fingerprint density at radius 1 is 1.24 bits per heavy atom. The van der Waals surface area contributed by atoms with Crippen LogP contribution in [0.25, 0.3) is 0 Å². The Morgan fingerprint density at radius 2 is 1.86 bits per heavy atom. The number of carbonyl (C=O) groups is 2. The van der Waals surface area contributed by atoms with Crippen LogP contribution in [-0.2, 0) is 9.59 Å². The van der Waals surface area contributed by atoms with Crippen LogP contribution in [0.4, 0.5) is 0 Å². The van der Waals surface area contributed by atoms with Crippen molar-refractivity contribution in [2.45, 2.75) is 77.8 Å². The van der Waals surface area contributed by atoms with Crippen LogP contribution in [0.15, 0.2) is 0 Å². The van der Waals surface area contributed by atoms with Crippen LogP contribution in [0, 0.1) is 5.92 Å². The lowest BCUT2D eigenvalue weighted by Crippen LogP contribution is -2.46. The molecular formula is C17H30N2O2. The van der Waals surface area contributed by atoms with E-state index >= 15 is 0 Å². The van der Waals surface area contributed by atoms with Crippen molar-refractivity contribution in [2.75, 3.05) is 13.1 Å². The molecule has 2 rings (SSSR count). The van der Waals surface area contributed by atoms with Gasteiger partial charge in [0.05, 0.1) is 5.92 Å². The van der Waals surface area contributed by atoms with Gasteiger partial charge in [-0.3, -0.25) is 9.59 Å². The minimum atomic E-state index is -0.187. The van der Waals surface area contributed by atoms with Crippen molar-refractivity contribution in [2.24, 2.45) is 5.92 Å². The van der Waals surface area contributed by atoms with Gasteiger partial charge in [-0.2, -0.15) is 0 Å². The largest absolute Gasteiger partial charge is 0.340 e. The Hall–Kier alpha value is -1.06. The lowest BCUT2D eigenvalue weighted by molar-refractivity contribution is -0.138. The van der Waals surface area contributed by atoms with Crippen molar-refractivity contribution in [1.29, 1.82) is 0 Å². The van der Waals surface area contributed by atoms with Crippen molar-refractivity contribution in [3.05, 3.63) is 0 Å². The first-order chi connectivity index (χ1) is 9.84. The minimum absolute atomic E-state index is 0.126. The van der Waals surface area contributed by atoms with E-state index in [0.717, 1.165) is 19.4 Å². The fourth-order valence-electron chi connectivity index (χ4n) is 3.74. The van der Waals surface area contributed by atoms with E-state index in [1.54, 1.807) is 0 Å². The molecule has 21 heavy (non-hydrogen) atoms. The molecule has 1 aliphatic carbocycles. The fourth-order valence-corrected chi connectivity index (χ4v) is 3.74. The molecule has 0 bridgehead atoms. The van der Waals surface area contributed by atoms with Crippen molar-refractivity contribution < 1.29 is 9.59 Å². The van der Waals surface area contributed by atoms with E-state index in [2.05, 4.69) is 6.92 Å². The summed E-state index contributed by atoms with van der Waals surface area (Å²) >= 11 is 0. The van der Waals surface area contributed by atoms with Gasteiger partial charge in [-0.25, -0.2) is 0 Å². The van der Waals surface area contributed by atoms with Gasteiger partial charge in [0.15, 0.2) is 0 Å². The van der Waals surface area contributed by atoms with Crippen LogP contribution < -0.4 is 0 Å². The van der Waals surface area contributed by atoms with Gasteiger partial charge < -0.3 is 9.80 Å². The molecule has 1 aliphatic heterocycles. The smallest absolute Gasteiger partial charge is 0.228 e. The van der Waals surface area contributed by atoms with Gasteiger partial charge in [-0.15, -0.1) is 0 Å². The van der Waals surface area contributed by atoms with Crippen LogP contribution >= 0.6 is 0 Å². The van der Waals surface area contributed by atoms with Gasteiger partial charge in [0.25, 0.3) is 0 Å². The summed E-state index contributed by atoms with van der Waals surface area (Å²) in [6, 6.07) is 0.398. The zero-order chi connectivity index (χ0) is 15.6. The van der Waals surface area contributed by atoms with Crippen molar-refractivity contribution in [3.63, 3.8) is 0 Å². The van der Waals surface area contributed by atoms with Gasteiger partial charge in [0.1, 0.15) is 0 Å². The number of hydrogen-bond acceptors (Lipinski definition) is 2. The van der Waals surface area contributed by atoms with Crippen molar-refractivity contribution in [3.8, 4) is 0 Å². The van der Waals surface area contributed by atoms with Crippen LogP contribution in [0.2, 0.25) is 0 Å². The summed E-state index contributed by atoms with van der Waals surface area (Å²) in [7, 11) is 0. The molecule has 0 unspecified atom stereocenters. The second-order valence-electron chi connectivity index (χ2n) is 7.49. The van der Waals surface area contributed by atoms with Crippen LogP contribution in [0.5, 0.6) is 0 Å². The number of rotatable bonds is 3. The predicted octanol–water partition coefficient (Wildman–Crippen LogP) is 2.81. The normalized spacial score (nSPS) is 24.5. The monoisotopic (exact) mass is 294 g/mol. The third-order valence-corrected chi connectivity index (χ3v) is 4.92. The molecule has 4 nitrogen and oxygen atoms in total. The highest BCUT2D eigenvalue weighted by molar-refractivity contribution is 5.89. The molecule has 0 N–H and O–H groups in total. The van der Waals surface area contributed by atoms with Gasteiger partial charge in [-0.1, -0.05) is 19.3 Å². The van der Waals surface area contributed by atoms with E-state index in [9.17, 15) is 9.59 Å². The SMILES string of the molecule is CCN(C(=O)[C@H]1CC(=O)N(C(C)(C)C)C1)C1CCCCC1. The number of likely N-dealkylation sites (tertiary alicyclic amines) is 1. The Bertz CT molecular complexity index is 394. The van der Waals surface area contributed by atoms with Crippen molar-refractivity contribution in [1.82, 2.24) is 9.80 Å².